The molecule has 0 aliphatic carbocycles. The molecule has 1 aliphatic heterocycles. The van der Waals surface area contributed by atoms with Gasteiger partial charge in [-0.3, -0.25) is 14.4 Å². The summed E-state index contributed by atoms with van der Waals surface area (Å²) in [4.78, 5) is 40.7. The summed E-state index contributed by atoms with van der Waals surface area (Å²) in [5.74, 6) is 0.368. The van der Waals surface area contributed by atoms with Crippen molar-refractivity contribution < 1.29 is 14.4 Å². The fraction of sp³-hybridized carbons (Fsp3) is 0.591. The van der Waals surface area contributed by atoms with Gasteiger partial charge in [-0.2, -0.15) is 0 Å². The van der Waals surface area contributed by atoms with Crippen molar-refractivity contribution in [2.24, 2.45) is 5.92 Å². The lowest BCUT2D eigenvalue weighted by atomic mass is 9.83. The van der Waals surface area contributed by atoms with Crippen LogP contribution in [0.4, 0.5) is 0 Å². The molecule has 0 atom stereocenters. The highest BCUT2D eigenvalue weighted by Crippen LogP contribution is 2.26. The SMILES string of the molecule is CC(C)CCC(=O)NCC(=O)N1CCN(C(=O)C(C)(C)c2ccccc2)CC1. The molecule has 1 heterocycles. The minimum Gasteiger partial charge on any atom is -0.347 e. The minimum atomic E-state index is -0.599. The summed E-state index contributed by atoms with van der Waals surface area (Å²) < 4.78 is 0. The molecule has 0 radical (unpaired) electrons. The van der Waals surface area contributed by atoms with Crippen molar-refractivity contribution in [3.63, 3.8) is 0 Å². The number of nitrogens with zero attached hydrogens (tertiary/aromatic N) is 2. The van der Waals surface area contributed by atoms with Crippen LogP contribution in [0.3, 0.4) is 0 Å². The molecule has 6 heteroatoms. The van der Waals surface area contributed by atoms with Crippen LogP contribution in [0, 0.1) is 5.92 Å². The molecule has 1 aromatic rings. The van der Waals surface area contributed by atoms with Crippen molar-refractivity contribution in [2.45, 2.75) is 46.0 Å². The molecule has 0 unspecified atom stereocenters. The molecule has 0 aromatic heterocycles. The van der Waals surface area contributed by atoms with Gasteiger partial charge >= 0.3 is 0 Å². The summed E-state index contributed by atoms with van der Waals surface area (Å²) in [7, 11) is 0. The van der Waals surface area contributed by atoms with Crippen LogP contribution >= 0.6 is 0 Å². The Balaban J connectivity index is 1.81. The molecule has 154 valence electrons. The van der Waals surface area contributed by atoms with E-state index in [-0.39, 0.29) is 24.3 Å². The Morgan fingerprint density at radius 1 is 1.00 bits per heavy atom. The molecular formula is C22H33N3O3. The molecule has 28 heavy (non-hydrogen) atoms. The maximum absolute atomic E-state index is 13.0. The lowest BCUT2D eigenvalue weighted by molar-refractivity contribution is -0.142. The van der Waals surface area contributed by atoms with E-state index in [0.29, 0.717) is 38.5 Å². The first-order valence-electron chi connectivity index (χ1n) is 10.1. The number of carbonyl (C=O) groups is 3. The molecule has 2 rings (SSSR count). The number of amides is 3. The average Bonchev–Trinajstić information content (AvgIpc) is 2.70. The molecule has 6 nitrogen and oxygen atoms in total. The third-order valence-electron chi connectivity index (χ3n) is 5.34. The lowest BCUT2D eigenvalue weighted by Crippen LogP contribution is -2.55. The topological polar surface area (TPSA) is 69.7 Å². The van der Waals surface area contributed by atoms with Gasteiger partial charge in [0, 0.05) is 32.6 Å². The number of nitrogens with one attached hydrogen (secondary N) is 1. The van der Waals surface area contributed by atoms with Gasteiger partial charge in [-0.15, -0.1) is 0 Å². The molecule has 1 N–H and O–H groups in total. The Hall–Kier alpha value is -2.37. The van der Waals surface area contributed by atoms with E-state index in [1.54, 1.807) is 4.90 Å². The standard InChI is InChI=1S/C22H33N3O3/c1-17(2)10-11-19(26)23-16-20(27)24-12-14-25(15-13-24)21(28)22(3,4)18-8-6-5-7-9-18/h5-9,17H,10-16H2,1-4H3,(H,23,26). The summed E-state index contributed by atoms with van der Waals surface area (Å²) in [6, 6.07) is 9.77. The van der Waals surface area contributed by atoms with E-state index in [1.807, 2.05) is 49.1 Å². The molecular weight excluding hydrogens is 354 g/mol. The second-order valence-corrected chi connectivity index (χ2v) is 8.37. The summed E-state index contributed by atoms with van der Waals surface area (Å²) in [5, 5.41) is 2.70. The third-order valence-corrected chi connectivity index (χ3v) is 5.34. The normalized spacial score (nSPS) is 14.9. The van der Waals surface area contributed by atoms with Crippen molar-refractivity contribution in [1.29, 1.82) is 0 Å². The number of hydrogen-bond acceptors (Lipinski definition) is 3. The third kappa shape index (κ3) is 5.81. The maximum Gasteiger partial charge on any atom is 0.242 e. The Bertz CT molecular complexity index is 678. The van der Waals surface area contributed by atoms with E-state index < -0.39 is 5.41 Å². The minimum absolute atomic E-state index is 0.0282. The van der Waals surface area contributed by atoms with E-state index in [9.17, 15) is 14.4 Å². The Morgan fingerprint density at radius 3 is 2.14 bits per heavy atom. The molecule has 1 aliphatic rings. The monoisotopic (exact) mass is 387 g/mol. The van der Waals surface area contributed by atoms with Crippen LogP contribution in [0.25, 0.3) is 0 Å². The highest BCUT2D eigenvalue weighted by Gasteiger charge is 2.35. The molecule has 0 bridgehead atoms. The van der Waals surface area contributed by atoms with Crippen LogP contribution < -0.4 is 5.32 Å². The second kappa shape index (κ2) is 9.71. The van der Waals surface area contributed by atoms with E-state index in [4.69, 9.17) is 0 Å². The van der Waals surface area contributed by atoms with Crippen LogP contribution in [-0.4, -0.2) is 60.2 Å². The summed E-state index contributed by atoms with van der Waals surface area (Å²) >= 11 is 0. The smallest absolute Gasteiger partial charge is 0.242 e. The number of carbonyl (C=O) groups excluding carboxylic acids is 3. The number of piperazine rings is 1. The van der Waals surface area contributed by atoms with Crippen molar-refractivity contribution in [1.82, 2.24) is 15.1 Å². The van der Waals surface area contributed by atoms with Crippen LogP contribution in [0.1, 0.15) is 46.1 Å². The average molecular weight is 388 g/mol. The van der Waals surface area contributed by atoms with E-state index in [1.165, 1.54) is 0 Å². The van der Waals surface area contributed by atoms with Gasteiger partial charge in [0.25, 0.3) is 0 Å². The lowest BCUT2D eigenvalue weighted by Gasteiger charge is -2.38. The van der Waals surface area contributed by atoms with Crippen molar-refractivity contribution in [2.75, 3.05) is 32.7 Å². The van der Waals surface area contributed by atoms with Gasteiger partial charge in [0.15, 0.2) is 0 Å². The summed E-state index contributed by atoms with van der Waals surface area (Å²) in [5.41, 5.74) is 0.389. The van der Waals surface area contributed by atoms with Gasteiger partial charge in [0.2, 0.25) is 17.7 Å². The van der Waals surface area contributed by atoms with Crippen molar-refractivity contribution >= 4 is 17.7 Å². The maximum atomic E-state index is 13.0. The highest BCUT2D eigenvalue weighted by molar-refractivity contribution is 5.88. The van der Waals surface area contributed by atoms with Crippen molar-refractivity contribution in [3.8, 4) is 0 Å². The van der Waals surface area contributed by atoms with Gasteiger partial charge in [-0.25, -0.2) is 0 Å². The second-order valence-electron chi connectivity index (χ2n) is 8.37. The van der Waals surface area contributed by atoms with Crippen LogP contribution in [0.15, 0.2) is 30.3 Å². The zero-order valence-corrected chi connectivity index (χ0v) is 17.5. The van der Waals surface area contributed by atoms with E-state index >= 15 is 0 Å². The van der Waals surface area contributed by atoms with E-state index in [0.717, 1.165) is 12.0 Å². The van der Waals surface area contributed by atoms with Gasteiger partial charge in [-0.05, 0) is 31.7 Å². The Morgan fingerprint density at radius 2 is 1.57 bits per heavy atom. The quantitative estimate of drug-likeness (QED) is 0.780. The summed E-state index contributed by atoms with van der Waals surface area (Å²) in [6.07, 6.45) is 1.26. The Kier molecular flexibility index (Phi) is 7.61. The Labute approximate surface area is 168 Å². The molecule has 0 spiro atoms. The number of rotatable bonds is 7. The zero-order chi connectivity index (χ0) is 20.7. The van der Waals surface area contributed by atoms with Crippen LogP contribution in [0.5, 0.6) is 0 Å². The van der Waals surface area contributed by atoms with Crippen LogP contribution in [-0.2, 0) is 19.8 Å². The summed E-state index contributed by atoms with van der Waals surface area (Å²) in [6.45, 7) is 10.1. The fourth-order valence-corrected chi connectivity index (χ4v) is 3.33. The number of benzene rings is 1. The molecule has 1 saturated heterocycles. The molecule has 1 fully saturated rings. The zero-order valence-electron chi connectivity index (χ0n) is 17.5. The largest absolute Gasteiger partial charge is 0.347 e. The molecule has 1 aromatic carbocycles. The predicted octanol–water partition coefficient (Wildman–Crippen LogP) is 2.19. The first-order valence-corrected chi connectivity index (χ1v) is 10.1. The van der Waals surface area contributed by atoms with Gasteiger partial charge < -0.3 is 15.1 Å². The van der Waals surface area contributed by atoms with Gasteiger partial charge in [0.05, 0.1) is 12.0 Å². The first kappa shape index (κ1) is 21.9. The van der Waals surface area contributed by atoms with Gasteiger partial charge in [-0.1, -0.05) is 44.2 Å². The highest BCUT2D eigenvalue weighted by atomic mass is 16.2. The van der Waals surface area contributed by atoms with Crippen molar-refractivity contribution in [3.05, 3.63) is 35.9 Å². The molecule has 0 saturated carbocycles. The van der Waals surface area contributed by atoms with E-state index in [2.05, 4.69) is 19.2 Å². The number of hydrogen-bond donors (Lipinski definition) is 1. The molecule has 3 amide bonds. The first-order chi connectivity index (χ1) is 13.2. The predicted molar refractivity (Wildman–Crippen MR) is 110 cm³/mol. The van der Waals surface area contributed by atoms with Gasteiger partial charge in [0.1, 0.15) is 0 Å². The fourth-order valence-electron chi connectivity index (χ4n) is 3.33. The van der Waals surface area contributed by atoms with Crippen LogP contribution in [0.2, 0.25) is 0 Å².